The summed E-state index contributed by atoms with van der Waals surface area (Å²) in [6, 6.07) is 0. The van der Waals surface area contributed by atoms with Gasteiger partial charge in [0.2, 0.25) is 0 Å². The Morgan fingerprint density at radius 2 is 2.12 bits per heavy atom. The van der Waals surface area contributed by atoms with Crippen molar-refractivity contribution in [3.05, 3.63) is 0 Å². The van der Waals surface area contributed by atoms with Crippen LogP contribution in [0.5, 0.6) is 0 Å². The first-order chi connectivity index (χ1) is 7.72. The van der Waals surface area contributed by atoms with Gasteiger partial charge in [0.25, 0.3) is 0 Å². The highest BCUT2D eigenvalue weighted by Gasteiger charge is 2.20. The maximum absolute atomic E-state index is 9.13. The lowest BCUT2D eigenvalue weighted by molar-refractivity contribution is 0.00983. The third kappa shape index (κ3) is 5.86. The molecule has 0 spiro atoms. The fourth-order valence-electron chi connectivity index (χ4n) is 2.56. The van der Waals surface area contributed by atoms with Gasteiger partial charge in [-0.1, -0.05) is 26.2 Å². The summed E-state index contributed by atoms with van der Waals surface area (Å²) in [5.41, 5.74) is 0. The molecule has 2 heteroatoms. The molecule has 1 saturated carbocycles. The number of unbranched alkanes of at least 4 members (excludes halogenated alkanes) is 1. The number of hydrogen-bond donors (Lipinski definition) is 1. The molecule has 2 nitrogen and oxygen atoms in total. The van der Waals surface area contributed by atoms with Gasteiger partial charge in [-0.05, 0) is 44.9 Å². The van der Waals surface area contributed by atoms with Crippen molar-refractivity contribution in [1.82, 2.24) is 0 Å². The van der Waals surface area contributed by atoms with Crippen LogP contribution in [0, 0.1) is 5.92 Å². The van der Waals surface area contributed by atoms with Gasteiger partial charge < -0.3 is 9.84 Å². The molecule has 16 heavy (non-hydrogen) atoms. The molecule has 0 aliphatic heterocycles. The highest BCUT2D eigenvalue weighted by molar-refractivity contribution is 4.72. The van der Waals surface area contributed by atoms with E-state index in [4.69, 9.17) is 9.84 Å². The Hall–Kier alpha value is -0.0800. The van der Waals surface area contributed by atoms with E-state index in [9.17, 15) is 0 Å². The van der Waals surface area contributed by atoms with Crippen molar-refractivity contribution < 1.29 is 9.84 Å². The Bertz CT molecular complexity index is 168. The molecule has 0 aromatic carbocycles. The van der Waals surface area contributed by atoms with E-state index in [1.165, 1.54) is 32.1 Å². The monoisotopic (exact) mass is 228 g/mol. The summed E-state index contributed by atoms with van der Waals surface area (Å²) < 4.78 is 5.92. The van der Waals surface area contributed by atoms with Crippen LogP contribution < -0.4 is 0 Å². The second-order valence-corrected chi connectivity index (χ2v) is 5.28. The van der Waals surface area contributed by atoms with Gasteiger partial charge in [-0.15, -0.1) is 0 Å². The van der Waals surface area contributed by atoms with Gasteiger partial charge >= 0.3 is 0 Å². The molecule has 0 saturated heterocycles. The van der Waals surface area contributed by atoms with Crippen LogP contribution >= 0.6 is 0 Å². The molecule has 0 radical (unpaired) electrons. The van der Waals surface area contributed by atoms with E-state index in [1.807, 2.05) is 6.92 Å². The van der Waals surface area contributed by atoms with Crippen molar-refractivity contribution >= 4 is 0 Å². The van der Waals surface area contributed by atoms with Crippen LogP contribution in [0.1, 0.15) is 65.2 Å². The zero-order valence-electron chi connectivity index (χ0n) is 11.0. The topological polar surface area (TPSA) is 29.5 Å². The average Bonchev–Trinajstić information content (AvgIpc) is 2.28. The predicted octanol–water partition coefficient (Wildman–Crippen LogP) is 3.52. The molecule has 0 heterocycles. The van der Waals surface area contributed by atoms with Crippen LogP contribution in [0.25, 0.3) is 0 Å². The maximum Gasteiger partial charge on any atom is 0.0577 e. The largest absolute Gasteiger partial charge is 0.393 e. The summed E-state index contributed by atoms with van der Waals surface area (Å²) in [7, 11) is 0. The lowest BCUT2D eigenvalue weighted by Crippen LogP contribution is -2.23. The van der Waals surface area contributed by atoms with Gasteiger partial charge in [0.1, 0.15) is 0 Å². The molecular weight excluding hydrogens is 200 g/mol. The van der Waals surface area contributed by atoms with Gasteiger partial charge in [0.15, 0.2) is 0 Å². The Morgan fingerprint density at radius 3 is 2.81 bits per heavy atom. The minimum atomic E-state index is -0.154. The number of aliphatic hydroxyl groups excluding tert-OH is 1. The Morgan fingerprint density at radius 1 is 1.31 bits per heavy atom. The number of hydrogen-bond acceptors (Lipinski definition) is 2. The normalized spacial score (nSPS) is 27.9. The third-order valence-corrected chi connectivity index (χ3v) is 3.68. The molecule has 3 unspecified atom stereocenters. The smallest absolute Gasteiger partial charge is 0.0577 e. The van der Waals surface area contributed by atoms with Crippen LogP contribution in [0.15, 0.2) is 0 Å². The average molecular weight is 228 g/mol. The summed E-state index contributed by atoms with van der Waals surface area (Å²) in [6.45, 7) is 5.03. The minimum absolute atomic E-state index is 0.154. The minimum Gasteiger partial charge on any atom is -0.393 e. The van der Waals surface area contributed by atoms with E-state index in [1.54, 1.807) is 0 Å². The van der Waals surface area contributed by atoms with E-state index in [2.05, 4.69) is 6.92 Å². The molecule has 1 aliphatic rings. The van der Waals surface area contributed by atoms with Gasteiger partial charge in [-0.2, -0.15) is 0 Å². The highest BCUT2D eigenvalue weighted by Crippen LogP contribution is 2.28. The second kappa shape index (κ2) is 8.08. The van der Waals surface area contributed by atoms with Crippen molar-refractivity contribution in [3.63, 3.8) is 0 Å². The molecule has 1 fully saturated rings. The quantitative estimate of drug-likeness (QED) is 0.676. The van der Waals surface area contributed by atoms with Crippen LogP contribution in [0.2, 0.25) is 0 Å². The molecular formula is C14H28O2. The molecule has 0 bridgehead atoms. The van der Waals surface area contributed by atoms with Crippen molar-refractivity contribution in [2.75, 3.05) is 6.61 Å². The van der Waals surface area contributed by atoms with Gasteiger partial charge in [0.05, 0.1) is 12.2 Å². The Balaban J connectivity index is 1.99. The van der Waals surface area contributed by atoms with Gasteiger partial charge in [-0.3, -0.25) is 0 Å². The fourth-order valence-corrected chi connectivity index (χ4v) is 2.56. The van der Waals surface area contributed by atoms with Crippen LogP contribution in [-0.2, 0) is 4.74 Å². The summed E-state index contributed by atoms with van der Waals surface area (Å²) in [4.78, 5) is 0. The van der Waals surface area contributed by atoms with E-state index in [-0.39, 0.29) is 6.10 Å². The molecule has 0 amide bonds. The summed E-state index contributed by atoms with van der Waals surface area (Å²) in [6.07, 6.45) is 10.0. The molecule has 96 valence electrons. The van der Waals surface area contributed by atoms with Crippen molar-refractivity contribution in [1.29, 1.82) is 0 Å². The van der Waals surface area contributed by atoms with Gasteiger partial charge in [-0.25, -0.2) is 0 Å². The maximum atomic E-state index is 9.13. The van der Waals surface area contributed by atoms with Crippen molar-refractivity contribution in [2.45, 2.75) is 77.4 Å². The summed E-state index contributed by atoms with van der Waals surface area (Å²) in [5.74, 6) is 0.899. The number of ether oxygens (including phenoxy) is 1. The fraction of sp³-hybridized carbons (Fsp3) is 1.00. The lowest BCUT2D eigenvalue weighted by Gasteiger charge is -2.28. The zero-order valence-corrected chi connectivity index (χ0v) is 11.0. The molecule has 0 aromatic rings. The van der Waals surface area contributed by atoms with Crippen LogP contribution in [-0.4, -0.2) is 23.9 Å². The summed E-state index contributed by atoms with van der Waals surface area (Å²) in [5, 5.41) is 9.13. The molecule has 0 aromatic heterocycles. The second-order valence-electron chi connectivity index (χ2n) is 5.28. The van der Waals surface area contributed by atoms with Crippen LogP contribution in [0.4, 0.5) is 0 Å². The Kier molecular flexibility index (Phi) is 7.06. The SMILES string of the molecule is CCC1CCCC(OCCCCC(C)O)C1. The molecule has 1 rings (SSSR count). The predicted molar refractivity (Wildman–Crippen MR) is 67.5 cm³/mol. The Labute approximate surface area is 100 Å². The van der Waals surface area contributed by atoms with Crippen LogP contribution in [0.3, 0.4) is 0 Å². The van der Waals surface area contributed by atoms with E-state index in [0.29, 0.717) is 6.10 Å². The summed E-state index contributed by atoms with van der Waals surface area (Å²) >= 11 is 0. The molecule has 1 aliphatic carbocycles. The number of rotatable bonds is 7. The standard InChI is InChI=1S/C14H28O2/c1-3-13-8-6-9-14(11-13)16-10-5-4-7-12(2)15/h12-15H,3-11H2,1-2H3. The van der Waals surface area contributed by atoms with E-state index < -0.39 is 0 Å². The van der Waals surface area contributed by atoms with Gasteiger partial charge in [0, 0.05) is 6.61 Å². The lowest BCUT2D eigenvalue weighted by atomic mass is 9.85. The first-order valence-corrected chi connectivity index (χ1v) is 7.02. The third-order valence-electron chi connectivity index (χ3n) is 3.68. The van der Waals surface area contributed by atoms with Crippen molar-refractivity contribution in [3.8, 4) is 0 Å². The van der Waals surface area contributed by atoms with E-state index >= 15 is 0 Å². The zero-order chi connectivity index (χ0) is 11.8. The van der Waals surface area contributed by atoms with Crippen molar-refractivity contribution in [2.24, 2.45) is 5.92 Å². The van der Waals surface area contributed by atoms with E-state index in [0.717, 1.165) is 31.8 Å². The number of aliphatic hydroxyl groups is 1. The molecule has 3 atom stereocenters. The first kappa shape index (κ1) is 14.0. The first-order valence-electron chi connectivity index (χ1n) is 7.02. The highest BCUT2D eigenvalue weighted by atomic mass is 16.5. The molecule has 1 N–H and O–H groups in total.